The molecule has 6 rings (SSSR count). The number of nitrogens with zero attached hydrogens (tertiary/aromatic N) is 3. The first kappa shape index (κ1) is 26.6. The number of aromatic nitrogens is 4. The number of benzene rings is 2. The fourth-order valence-electron chi connectivity index (χ4n) is 5.19. The van der Waals surface area contributed by atoms with Crippen LogP contribution in [-0.4, -0.2) is 44.4 Å². The van der Waals surface area contributed by atoms with Crippen LogP contribution >= 0.6 is 0 Å². The predicted molar refractivity (Wildman–Crippen MR) is 162 cm³/mol. The number of rotatable bonds is 8. The highest BCUT2D eigenvalue weighted by Crippen LogP contribution is 2.30. The van der Waals surface area contributed by atoms with Gasteiger partial charge in [0, 0.05) is 41.4 Å². The van der Waals surface area contributed by atoms with Crippen molar-refractivity contribution in [2.24, 2.45) is 5.92 Å². The first-order valence-corrected chi connectivity index (χ1v) is 14.0. The minimum Gasteiger partial charge on any atom is -0.360 e. The van der Waals surface area contributed by atoms with E-state index in [9.17, 15) is 10.2 Å². The molecule has 3 aromatic heterocycles. The van der Waals surface area contributed by atoms with Gasteiger partial charge in [-0.2, -0.15) is 0 Å². The molecule has 1 aliphatic heterocycles. The number of carbonyl (C=O) groups is 1. The minimum atomic E-state index is -0.119. The molecule has 4 heterocycles. The highest BCUT2D eigenvalue weighted by molar-refractivity contribution is 6.15. The Balaban J connectivity index is 1.38. The van der Waals surface area contributed by atoms with Crippen LogP contribution in [0.25, 0.3) is 33.1 Å². The van der Waals surface area contributed by atoms with Gasteiger partial charge in [0.25, 0.3) is 0 Å². The molecule has 41 heavy (non-hydrogen) atoms. The van der Waals surface area contributed by atoms with Crippen LogP contribution in [0.5, 0.6) is 0 Å². The van der Waals surface area contributed by atoms with E-state index in [0.29, 0.717) is 30.1 Å². The summed E-state index contributed by atoms with van der Waals surface area (Å²) in [4.78, 5) is 29.4. The third-order valence-corrected chi connectivity index (χ3v) is 7.19. The van der Waals surface area contributed by atoms with E-state index in [1.807, 2.05) is 62.4 Å². The predicted octanol–water partition coefficient (Wildman–Crippen LogP) is 6.51. The highest BCUT2D eigenvalue weighted by atomic mass is 16.5. The van der Waals surface area contributed by atoms with Crippen molar-refractivity contribution in [3.8, 4) is 11.1 Å². The molecule has 2 aromatic carbocycles. The van der Waals surface area contributed by atoms with Crippen molar-refractivity contribution in [3.63, 3.8) is 0 Å². The van der Waals surface area contributed by atoms with Crippen LogP contribution in [-0.2, 0) is 9.53 Å². The molecule has 1 aliphatic rings. The molecule has 0 aliphatic carbocycles. The molecular formula is C32H33N7O2. The zero-order valence-electron chi connectivity index (χ0n) is 23.2. The molecule has 0 saturated carbocycles. The average Bonchev–Trinajstić information content (AvgIpc) is 3.42. The van der Waals surface area contributed by atoms with Gasteiger partial charge < -0.3 is 20.4 Å². The molecule has 1 fully saturated rings. The number of H-pyrrole nitrogens is 1. The summed E-state index contributed by atoms with van der Waals surface area (Å²) in [5.74, 6) is 0.677. The minimum absolute atomic E-state index is 0.0413. The van der Waals surface area contributed by atoms with Crippen LogP contribution in [0.1, 0.15) is 50.9 Å². The lowest BCUT2D eigenvalue weighted by Gasteiger charge is -2.26. The molecule has 4 N–H and O–H groups in total. The summed E-state index contributed by atoms with van der Waals surface area (Å²) in [6, 6.07) is 15.7. The highest BCUT2D eigenvalue weighted by Gasteiger charge is 2.20. The van der Waals surface area contributed by atoms with Crippen molar-refractivity contribution < 1.29 is 9.53 Å². The summed E-state index contributed by atoms with van der Waals surface area (Å²) < 4.78 is 5.95. The number of ether oxygens (including phenoxy) is 1. The Morgan fingerprint density at radius 2 is 1.98 bits per heavy atom. The normalized spacial score (nSPS) is 15.3. The quantitative estimate of drug-likeness (QED) is 0.164. The second kappa shape index (κ2) is 11.5. The average molecular weight is 548 g/mol. The van der Waals surface area contributed by atoms with Gasteiger partial charge in [-0.15, -0.1) is 0 Å². The molecule has 9 heteroatoms. The number of aromatic amines is 1. The number of para-hydroxylation sites is 1. The van der Waals surface area contributed by atoms with Gasteiger partial charge in [0.1, 0.15) is 17.5 Å². The SMILES string of the molecule is CC(C)CC(=O)Nc1cncc(-c2ccc(NC3CCCCO3)c(C(=N)c3nc4c(cnc5ccccc54)[nH]3)c2)c1. The Kier molecular flexibility index (Phi) is 7.43. The van der Waals surface area contributed by atoms with Gasteiger partial charge in [-0.25, -0.2) is 4.98 Å². The number of hydrogen-bond acceptors (Lipinski definition) is 7. The van der Waals surface area contributed by atoms with Crippen LogP contribution < -0.4 is 10.6 Å². The van der Waals surface area contributed by atoms with Crippen LogP contribution in [0, 0.1) is 11.3 Å². The van der Waals surface area contributed by atoms with Gasteiger partial charge in [-0.05, 0) is 55.0 Å². The van der Waals surface area contributed by atoms with E-state index in [2.05, 4.69) is 25.6 Å². The molecule has 0 spiro atoms. The summed E-state index contributed by atoms with van der Waals surface area (Å²) in [5, 5.41) is 16.7. The van der Waals surface area contributed by atoms with Crippen LogP contribution in [0.4, 0.5) is 11.4 Å². The zero-order chi connectivity index (χ0) is 28.3. The van der Waals surface area contributed by atoms with Crippen molar-refractivity contribution >= 4 is 44.9 Å². The number of nitrogens with one attached hydrogen (secondary N) is 4. The molecule has 5 aromatic rings. The third-order valence-electron chi connectivity index (χ3n) is 7.19. The van der Waals surface area contributed by atoms with Gasteiger partial charge in [0.05, 0.1) is 29.1 Å². The van der Waals surface area contributed by atoms with Gasteiger partial charge in [0.2, 0.25) is 5.91 Å². The van der Waals surface area contributed by atoms with Crippen LogP contribution in [0.3, 0.4) is 0 Å². The summed E-state index contributed by atoms with van der Waals surface area (Å²) >= 11 is 0. The summed E-state index contributed by atoms with van der Waals surface area (Å²) in [6.45, 7) is 4.74. The van der Waals surface area contributed by atoms with Crippen molar-refractivity contribution in [2.45, 2.75) is 45.8 Å². The number of pyridine rings is 2. The maximum absolute atomic E-state index is 12.4. The number of carbonyl (C=O) groups excluding carboxylic acids is 1. The standard InChI is InChI=1S/C32H33N7O2/c1-19(2)13-28(40)36-22-14-21(16-34-17-22)20-10-11-26(37-29-9-5-6-12-41-29)24(15-20)30(33)32-38-27-18-35-25-8-4-3-7-23(25)31(27)39-32/h3-4,7-8,10-11,14-19,29,33,37H,5-6,9,12-13H2,1-2H3,(H,36,40)(H,38,39). The molecule has 9 nitrogen and oxygen atoms in total. The van der Waals surface area contributed by atoms with E-state index in [0.717, 1.165) is 58.0 Å². The smallest absolute Gasteiger partial charge is 0.224 e. The van der Waals surface area contributed by atoms with E-state index < -0.39 is 0 Å². The third kappa shape index (κ3) is 5.81. The zero-order valence-corrected chi connectivity index (χ0v) is 23.2. The molecule has 1 atom stereocenters. The largest absolute Gasteiger partial charge is 0.360 e. The van der Waals surface area contributed by atoms with E-state index in [1.165, 1.54) is 0 Å². The lowest BCUT2D eigenvalue weighted by Crippen LogP contribution is -2.28. The second-order valence-corrected chi connectivity index (χ2v) is 10.9. The first-order valence-electron chi connectivity index (χ1n) is 14.0. The Hall–Kier alpha value is -4.63. The van der Waals surface area contributed by atoms with E-state index >= 15 is 0 Å². The number of fused-ring (bicyclic) bond motifs is 3. The molecular weight excluding hydrogens is 514 g/mol. The maximum atomic E-state index is 12.4. The molecule has 1 unspecified atom stereocenters. The first-order chi connectivity index (χ1) is 19.9. The number of amides is 1. The summed E-state index contributed by atoms with van der Waals surface area (Å²) in [7, 11) is 0. The Labute approximate surface area is 238 Å². The second-order valence-electron chi connectivity index (χ2n) is 10.9. The maximum Gasteiger partial charge on any atom is 0.224 e. The van der Waals surface area contributed by atoms with Gasteiger partial charge >= 0.3 is 0 Å². The van der Waals surface area contributed by atoms with Gasteiger partial charge in [-0.1, -0.05) is 38.1 Å². The lowest BCUT2D eigenvalue weighted by molar-refractivity contribution is -0.116. The molecule has 208 valence electrons. The number of anilines is 2. The van der Waals surface area contributed by atoms with Crippen molar-refractivity contribution in [2.75, 3.05) is 17.2 Å². The Morgan fingerprint density at radius 3 is 2.80 bits per heavy atom. The molecule has 1 saturated heterocycles. The lowest BCUT2D eigenvalue weighted by atomic mass is 9.99. The van der Waals surface area contributed by atoms with Crippen molar-refractivity contribution in [1.82, 2.24) is 19.9 Å². The Morgan fingerprint density at radius 1 is 1.10 bits per heavy atom. The van der Waals surface area contributed by atoms with E-state index in [4.69, 9.17) is 9.72 Å². The topological polar surface area (TPSA) is 129 Å². The monoisotopic (exact) mass is 547 g/mol. The molecule has 1 amide bonds. The fourth-order valence-corrected chi connectivity index (χ4v) is 5.19. The summed E-state index contributed by atoms with van der Waals surface area (Å²) in [6.07, 6.45) is 8.54. The van der Waals surface area contributed by atoms with Crippen molar-refractivity contribution in [3.05, 3.63) is 78.5 Å². The van der Waals surface area contributed by atoms with E-state index in [1.54, 1.807) is 18.6 Å². The number of hydrogen-bond donors (Lipinski definition) is 4. The van der Waals surface area contributed by atoms with Crippen LogP contribution in [0.15, 0.2) is 67.1 Å². The van der Waals surface area contributed by atoms with Crippen molar-refractivity contribution in [1.29, 1.82) is 5.41 Å². The Bertz CT molecular complexity index is 1740. The van der Waals surface area contributed by atoms with Gasteiger partial charge in [0.15, 0.2) is 5.82 Å². The van der Waals surface area contributed by atoms with E-state index in [-0.39, 0.29) is 23.8 Å². The van der Waals surface area contributed by atoms with Gasteiger partial charge in [-0.3, -0.25) is 20.2 Å². The summed E-state index contributed by atoms with van der Waals surface area (Å²) in [5.41, 5.74) is 6.49. The van der Waals surface area contributed by atoms with Crippen LogP contribution in [0.2, 0.25) is 0 Å². The molecule has 0 bridgehead atoms. The molecule has 0 radical (unpaired) electrons. The number of imidazole rings is 1. The fraction of sp³-hybridized carbons (Fsp3) is 0.281.